The summed E-state index contributed by atoms with van der Waals surface area (Å²) in [6.45, 7) is 4.43. The van der Waals surface area contributed by atoms with Crippen LogP contribution in [0.4, 0.5) is 11.4 Å². The Morgan fingerprint density at radius 2 is 1.25 bits per heavy atom. The first kappa shape index (κ1) is 28.0. The summed E-state index contributed by atoms with van der Waals surface area (Å²) in [5.41, 5.74) is 9.85. The molecule has 0 atom stereocenters. The van der Waals surface area contributed by atoms with E-state index in [1.165, 1.54) is 5.56 Å². The third-order valence-electron chi connectivity index (χ3n) is 6.54. The molecule has 0 unspecified atom stereocenters. The lowest BCUT2D eigenvalue weighted by atomic mass is 9.90. The van der Waals surface area contributed by atoms with Crippen molar-refractivity contribution in [2.75, 3.05) is 60.3 Å². The summed E-state index contributed by atoms with van der Waals surface area (Å²) in [5, 5.41) is 3.62. The Bertz CT molecular complexity index is 1370. The second kappa shape index (κ2) is 13.2. The Labute approximate surface area is 232 Å². The molecule has 1 aliphatic rings. The molecule has 5 rings (SSSR count). The monoisotopic (exact) mass is 551 g/mol. The van der Waals surface area contributed by atoms with E-state index in [4.69, 9.17) is 47.9 Å². The molecule has 1 aliphatic heterocycles. The largest absolute Gasteiger partial charge is 0.464 e. The summed E-state index contributed by atoms with van der Waals surface area (Å²) >= 11 is 0. The minimum atomic E-state index is -0.0430. The van der Waals surface area contributed by atoms with Gasteiger partial charge in [0, 0.05) is 43.6 Å². The predicted molar refractivity (Wildman–Crippen MR) is 148 cm³/mol. The van der Waals surface area contributed by atoms with E-state index < -0.39 is 0 Å². The third-order valence-corrected chi connectivity index (χ3v) is 6.54. The number of hydrogen-bond acceptors (Lipinski definition) is 11. The number of anilines is 2. The van der Waals surface area contributed by atoms with Gasteiger partial charge in [-0.1, -0.05) is 12.1 Å². The fourth-order valence-corrected chi connectivity index (χ4v) is 4.63. The molecule has 11 heteroatoms. The molecule has 0 spiro atoms. The molecule has 0 aliphatic carbocycles. The van der Waals surface area contributed by atoms with Gasteiger partial charge in [-0.2, -0.15) is 0 Å². The number of aromatic nitrogens is 2. The van der Waals surface area contributed by atoms with Gasteiger partial charge in [0.2, 0.25) is 0 Å². The van der Waals surface area contributed by atoms with Crippen LogP contribution in [0.3, 0.4) is 0 Å². The van der Waals surface area contributed by atoms with Crippen LogP contribution in [-0.4, -0.2) is 64.9 Å². The SMILES string of the molecule is COCOCOCOc1cc2c(cc1OCOCOCOC)Nc1c(c(C)c3nc4ccccc4nc3c1C)C2. The number of benzene rings is 3. The van der Waals surface area contributed by atoms with Crippen LogP contribution in [0.1, 0.15) is 22.3 Å². The minimum absolute atomic E-state index is 0.0296. The van der Waals surface area contributed by atoms with Crippen molar-refractivity contribution in [3.05, 3.63) is 58.7 Å². The fraction of sp³-hybridized carbons (Fsp3) is 0.379. The van der Waals surface area contributed by atoms with Gasteiger partial charge in [-0.3, -0.25) is 0 Å². The highest BCUT2D eigenvalue weighted by molar-refractivity contribution is 5.96. The Morgan fingerprint density at radius 3 is 1.85 bits per heavy atom. The van der Waals surface area contributed by atoms with E-state index in [9.17, 15) is 0 Å². The molecule has 1 aromatic heterocycles. The van der Waals surface area contributed by atoms with E-state index in [1.807, 2.05) is 36.4 Å². The van der Waals surface area contributed by atoms with Crippen LogP contribution in [0.15, 0.2) is 36.4 Å². The molecule has 0 saturated carbocycles. The summed E-state index contributed by atoms with van der Waals surface area (Å²) in [6.07, 6.45) is 0.685. The van der Waals surface area contributed by atoms with E-state index in [1.54, 1.807) is 14.2 Å². The number of fused-ring (bicyclic) bond motifs is 4. The fourth-order valence-electron chi connectivity index (χ4n) is 4.63. The number of para-hydroxylation sites is 2. The summed E-state index contributed by atoms with van der Waals surface area (Å²) in [6, 6.07) is 11.8. The number of aryl methyl sites for hydroxylation is 2. The average molecular weight is 552 g/mol. The van der Waals surface area contributed by atoms with Gasteiger partial charge in [-0.05, 0) is 48.7 Å². The quantitative estimate of drug-likeness (QED) is 0.115. The number of hydrogen-bond donors (Lipinski definition) is 1. The minimum Gasteiger partial charge on any atom is -0.464 e. The zero-order valence-corrected chi connectivity index (χ0v) is 23.1. The molecule has 1 N–H and O–H groups in total. The molecule has 2 heterocycles. The smallest absolute Gasteiger partial charge is 0.191 e. The standard InChI is InChI=1S/C29H33N3O8/c1-18-21-9-20-10-25(39-16-37-14-35-12-33-3)26(40-17-38-15-36-13-34-4)11-24(20)32-27(21)19(2)29-28(18)30-22-7-5-6-8-23(22)31-29/h5-8,10-11,32H,9,12-17H2,1-4H3. The Morgan fingerprint density at radius 1 is 0.700 bits per heavy atom. The first-order chi connectivity index (χ1) is 19.6. The van der Waals surface area contributed by atoms with Crippen molar-refractivity contribution >= 4 is 33.4 Å². The molecule has 3 aromatic carbocycles. The molecular formula is C29H33N3O8. The summed E-state index contributed by atoms with van der Waals surface area (Å²) in [7, 11) is 3.09. The van der Waals surface area contributed by atoms with Crippen LogP contribution < -0.4 is 14.8 Å². The number of ether oxygens (including phenoxy) is 8. The van der Waals surface area contributed by atoms with Crippen molar-refractivity contribution in [3.63, 3.8) is 0 Å². The Hall–Kier alpha value is -3.58. The lowest BCUT2D eigenvalue weighted by Crippen LogP contribution is -2.14. The Kier molecular flexibility index (Phi) is 9.22. The van der Waals surface area contributed by atoms with Gasteiger partial charge in [0.1, 0.15) is 13.6 Å². The van der Waals surface area contributed by atoms with Crippen LogP contribution in [0.25, 0.3) is 22.1 Å². The maximum absolute atomic E-state index is 5.91. The van der Waals surface area contributed by atoms with E-state index in [0.29, 0.717) is 17.9 Å². The number of rotatable bonds is 14. The second-order valence-electron chi connectivity index (χ2n) is 9.16. The number of methoxy groups -OCH3 is 2. The zero-order valence-electron chi connectivity index (χ0n) is 23.1. The van der Waals surface area contributed by atoms with Crippen molar-refractivity contribution in [1.29, 1.82) is 0 Å². The molecule has 0 saturated heterocycles. The Balaban J connectivity index is 1.42. The van der Waals surface area contributed by atoms with Gasteiger partial charge in [-0.25, -0.2) is 9.97 Å². The van der Waals surface area contributed by atoms with Crippen molar-refractivity contribution in [2.45, 2.75) is 20.3 Å². The van der Waals surface area contributed by atoms with Crippen molar-refractivity contribution in [3.8, 4) is 11.5 Å². The van der Waals surface area contributed by atoms with E-state index in [0.717, 1.165) is 50.1 Å². The highest BCUT2D eigenvalue weighted by Crippen LogP contribution is 2.44. The molecule has 0 amide bonds. The highest BCUT2D eigenvalue weighted by Gasteiger charge is 2.25. The van der Waals surface area contributed by atoms with Crippen LogP contribution in [-0.2, 0) is 34.8 Å². The lowest BCUT2D eigenvalue weighted by Gasteiger charge is -2.27. The van der Waals surface area contributed by atoms with Crippen LogP contribution >= 0.6 is 0 Å². The number of nitrogens with one attached hydrogen (secondary N) is 1. The van der Waals surface area contributed by atoms with Crippen molar-refractivity contribution in [2.24, 2.45) is 0 Å². The van der Waals surface area contributed by atoms with Crippen LogP contribution in [0.5, 0.6) is 11.5 Å². The van der Waals surface area contributed by atoms with E-state index in [2.05, 4.69) is 19.2 Å². The summed E-state index contributed by atoms with van der Waals surface area (Å²) < 4.78 is 42.6. The summed E-state index contributed by atoms with van der Waals surface area (Å²) in [5.74, 6) is 1.00. The van der Waals surface area contributed by atoms with Gasteiger partial charge in [0.05, 0.1) is 22.1 Å². The van der Waals surface area contributed by atoms with Gasteiger partial charge in [0.25, 0.3) is 0 Å². The third kappa shape index (κ3) is 6.09. The lowest BCUT2D eigenvalue weighted by molar-refractivity contribution is -0.148. The summed E-state index contributed by atoms with van der Waals surface area (Å²) in [4.78, 5) is 9.91. The van der Waals surface area contributed by atoms with E-state index >= 15 is 0 Å². The highest BCUT2D eigenvalue weighted by atomic mass is 16.8. The van der Waals surface area contributed by atoms with Crippen LogP contribution in [0, 0.1) is 13.8 Å². The second-order valence-corrected chi connectivity index (χ2v) is 9.16. The van der Waals surface area contributed by atoms with Gasteiger partial charge in [-0.15, -0.1) is 0 Å². The normalized spacial score (nSPS) is 12.3. The zero-order chi connectivity index (χ0) is 27.9. The van der Waals surface area contributed by atoms with Crippen molar-refractivity contribution in [1.82, 2.24) is 9.97 Å². The van der Waals surface area contributed by atoms with Crippen LogP contribution in [0.2, 0.25) is 0 Å². The van der Waals surface area contributed by atoms with E-state index in [-0.39, 0.29) is 40.8 Å². The molecule has 0 fully saturated rings. The molecule has 11 nitrogen and oxygen atoms in total. The molecular weight excluding hydrogens is 518 g/mol. The maximum Gasteiger partial charge on any atom is 0.191 e. The van der Waals surface area contributed by atoms with Crippen molar-refractivity contribution < 1.29 is 37.9 Å². The van der Waals surface area contributed by atoms with Gasteiger partial charge < -0.3 is 43.2 Å². The molecule has 0 bridgehead atoms. The van der Waals surface area contributed by atoms with Gasteiger partial charge in [0.15, 0.2) is 38.7 Å². The molecule has 4 aromatic rings. The molecule has 40 heavy (non-hydrogen) atoms. The molecule has 0 radical (unpaired) electrons. The van der Waals surface area contributed by atoms with Gasteiger partial charge >= 0.3 is 0 Å². The topological polar surface area (TPSA) is 112 Å². The first-order valence-electron chi connectivity index (χ1n) is 12.8. The number of nitrogens with zero attached hydrogens (tertiary/aromatic N) is 2. The average Bonchev–Trinajstić information content (AvgIpc) is 2.98. The maximum atomic E-state index is 5.91. The molecule has 212 valence electrons. The predicted octanol–water partition coefficient (Wildman–Crippen LogP) is 4.91. The first-order valence-corrected chi connectivity index (χ1v) is 12.8.